The SMILES string of the molecule is CCC1CC(C(=O)O)C(C(=O)NCC(C)C#N)C1. The van der Waals surface area contributed by atoms with E-state index >= 15 is 0 Å². The van der Waals surface area contributed by atoms with Crippen LogP contribution in [0.2, 0.25) is 0 Å². The van der Waals surface area contributed by atoms with E-state index in [-0.39, 0.29) is 18.4 Å². The molecule has 0 saturated heterocycles. The van der Waals surface area contributed by atoms with Crippen LogP contribution >= 0.6 is 0 Å². The van der Waals surface area contributed by atoms with Gasteiger partial charge in [0.05, 0.1) is 23.8 Å². The van der Waals surface area contributed by atoms with Crippen molar-refractivity contribution in [3.05, 3.63) is 0 Å². The lowest BCUT2D eigenvalue weighted by Gasteiger charge is -2.15. The Morgan fingerprint density at radius 3 is 2.56 bits per heavy atom. The van der Waals surface area contributed by atoms with Gasteiger partial charge in [0.1, 0.15) is 0 Å². The highest BCUT2D eigenvalue weighted by molar-refractivity contribution is 5.85. The first kappa shape index (κ1) is 14.5. The van der Waals surface area contributed by atoms with Gasteiger partial charge in [-0.1, -0.05) is 13.3 Å². The zero-order valence-electron chi connectivity index (χ0n) is 10.8. The summed E-state index contributed by atoms with van der Waals surface area (Å²) in [5.41, 5.74) is 0. The number of nitrogens with one attached hydrogen (secondary N) is 1. The Morgan fingerprint density at radius 2 is 2.06 bits per heavy atom. The molecule has 0 aromatic carbocycles. The quantitative estimate of drug-likeness (QED) is 0.773. The smallest absolute Gasteiger partial charge is 0.307 e. The third-order valence-corrected chi connectivity index (χ3v) is 3.69. The Hall–Kier alpha value is -1.57. The number of rotatable bonds is 5. The molecule has 5 heteroatoms. The molecule has 1 amide bonds. The second kappa shape index (κ2) is 6.39. The molecule has 4 unspecified atom stereocenters. The first-order chi connectivity index (χ1) is 8.49. The maximum Gasteiger partial charge on any atom is 0.307 e. The van der Waals surface area contributed by atoms with Crippen molar-refractivity contribution >= 4 is 11.9 Å². The highest BCUT2D eigenvalue weighted by Crippen LogP contribution is 2.38. The van der Waals surface area contributed by atoms with E-state index in [2.05, 4.69) is 5.32 Å². The van der Waals surface area contributed by atoms with Crippen LogP contribution in [0.5, 0.6) is 0 Å². The third kappa shape index (κ3) is 3.46. The Balaban J connectivity index is 2.60. The standard InChI is InChI=1S/C13H20N2O3/c1-3-9-4-10(11(5-9)13(17)18)12(16)15-7-8(2)6-14/h8-11H,3-5,7H2,1-2H3,(H,15,16)(H,17,18). The molecule has 1 aliphatic carbocycles. The van der Waals surface area contributed by atoms with Crippen LogP contribution in [0.4, 0.5) is 0 Å². The lowest BCUT2D eigenvalue weighted by Crippen LogP contribution is -2.37. The number of carboxylic acid groups (broad SMARTS) is 1. The van der Waals surface area contributed by atoms with Crippen LogP contribution in [0.25, 0.3) is 0 Å². The topological polar surface area (TPSA) is 90.2 Å². The van der Waals surface area contributed by atoms with Gasteiger partial charge in [-0.25, -0.2) is 0 Å². The van der Waals surface area contributed by atoms with E-state index in [1.165, 1.54) is 0 Å². The monoisotopic (exact) mass is 252 g/mol. The van der Waals surface area contributed by atoms with Crippen LogP contribution in [0.1, 0.15) is 33.1 Å². The zero-order chi connectivity index (χ0) is 13.7. The molecule has 1 rings (SSSR count). The highest BCUT2D eigenvalue weighted by Gasteiger charge is 2.41. The van der Waals surface area contributed by atoms with Gasteiger partial charge in [0.15, 0.2) is 0 Å². The maximum absolute atomic E-state index is 12.0. The molecule has 100 valence electrons. The summed E-state index contributed by atoms with van der Waals surface area (Å²) in [6.45, 7) is 4.02. The van der Waals surface area contributed by atoms with Gasteiger partial charge in [-0.15, -0.1) is 0 Å². The van der Waals surface area contributed by atoms with Crippen molar-refractivity contribution in [1.29, 1.82) is 5.26 Å². The van der Waals surface area contributed by atoms with Crippen molar-refractivity contribution in [1.82, 2.24) is 5.32 Å². The van der Waals surface area contributed by atoms with Crippen LogP contribution in [0.15, 0.2) is 0 Å². The Kier molecular flexibility index (Phi) is 5.14. The number of carboxylic acids is 1. The van der Waals surface area contributed by atoms with Gasteiger partial charge in [-0.3, -0.25) is 9.59 Å². The van der Waals surface area contributed by atoms with Gasteiger partial charge in [0, 0.05) is 6.54 Å². The van der Waals surface area contributed by atoms with Gasteiger partial charge in [-0.2, -0.15) is 5.26 Å². The predicted octanol–water partition coefficient (Wildman–Crippen LogP) is 1.40. The fraction of sp³-hybridized carbons (Fsp3) is 0.769. The van der Waals surface area contributed by atoms with Gasteiger partial charge in [0.2, 0.25) is 5.91 Å². The minimum Gasteiger partial charge on any atom is -0.481 e. The van der Waals surface area contributed by atoms with Crippen molar-refractivity contribution in [3.8, 4) is 6.07 Å². The molecule has 5 nitrogen and oxygen atoms in total. The molecule has 18 heavy (non-hydrogen) atoms. The summed E-state index contributed by atoms with van der Waals surface area (Å²) in [7, 11) is 0. The fourth-order valence-electron chi connectivity index (χ4n) is 2.47. The largest absolute Gasteiger partial charge is 0.481 e. The second-order valence-electron chi connectivity index (χ2n) is 5.07. The number of amides is 1. The number of nitrogens with zero attached hydrogens (tertiary/aromatic N) is 1. The van der Waals surface area contributed by atoms with E-state index in [1.807, 2.05) is 13.0 Å². The second-order valence-corrected chi connectivity index (χ2v) is 5.07. The molecule has 0 aromatic rings. The first-order valence-corrected chi connectivity index (χ1v) is 6.39. The highest BCUT2D eigenvalue weighted by atomic mass is 16.4. The molecular formula is C13H20N2O3. The molecule has 1 fully saturated rings. The van der Waals surface area contributed by atoms with Crippen LogP contribution in [-0.2, 0) is 9.59 Å². The summed E-state index contributed by atoms with van der Waals surface area (Å²) in [6.07, 6.45) is 2.13. The number of carbonyl (C=O) groups is 2. The summed E-state index contributed by atoms with van der Waals surface area (Å²) in [5, 5.41) is 20.5. The summed E-state index contributed by atoms with van der Waals surface area (Å²) in [6, 6.07) is 2.03. The van der Waals surface area contributed by atoms with E-state index in [0.717, 1.165) is 6.42 Å². The number of carbonyl (C=O) groups excluding carboxylic acids is 1. The molecule has 2 N–H and O–H groups in total. The summed E-state index contributed by atoms with van der Waals surface area (Å²) in [5.74, 6) is -2.07. The zero-order valence-corrected chi connectivity index (χ0v) is 10.8. The Morgan fingerprint density at radius 1 is 1.44 bits per heavy atom. The molecule has 0 aromatic heterocycles. The maximum atomic E-state index is 12.0. The lowest BCUT2D eigenvalue weighted by atomic mass is 9.95. The van der Waals surface area contributed by atoms with Crippen molar-refractivity contribution in [2.75, 3.05) is 6.54 Å². The molecule has 1 aliphatic rings. The number of hydrogen-bond donors (Lipinski definition) is 2. The normalized spacial score (nSPS) is 28.4. The lowest BCUT2D eigenvalue weighted by molar-refractivity contribution is -0.146. The third-order valence-electron chi connectivity index (χ3n) is 3.69. The Bertz CT molecular complexity index is 362. The van der Waals surface area contributed by atoms with E-state index in [9.17, 15) is 9.59 Å². The van der Waals surface area contributed by atoms with Gasteiger partial charge in [0.25, 0.3) is 0 Å². The van der Waals surface area contributed by atoms with Gasteiger partial charge >= 0.3 is 5.97 Å². The number of nitriles is 1. The van der Waals surface area contributed by atoms with Crippen LogP contribution in [-0.4, -0.2) is 23.5 Å². The van der Waals surface area contributed by atoms with Crippen molar-refractivity contribution < 1.29 is 14.7 Å². The van der Waals surface area contributed by atoms with E-state index in [0.29, 0.717) is 18.8 Å². The van der Waals surface area contributed by atoms with Gasteiger partial charge < -0.3 is 10.4 Å². The first-order valence-electron chi connectivity index (χ1n) is 6.39. The van der Waals surface area contributed by atoms with Crippen LogP contribution in [0, 0.1) is 35.0 Å². The molecule has 4 atom stereocenters. The molecule has 0 heterocycles. The minimum atomic E-state index is -0.889. The fourth-order valence-corrected chi connectivity index (χ4v) is 2.47. The molecule has 0 bridgehead atoms. The number of aliphatic carboxylic acids is 1. The van der Waals surface area contributed by atoms with Crippen molar-refractivity contribution in [3.63, 3.8) is 0 Å². The number of hydrogen-bond acceptors (Lipinski definition) is 3. The molecule has 0 spiro atoms. The van der Waals surface area contributed by atoms with Crippen molar-refractivity contribution in [2.24, 2.45) is 23.7 Å². The van der Waals surface area contributed by atoms with Crippen molar-refractivity contribution in [2.45, 2.75) is 33.1 Å². The Labute approximate surface area is 107 Å². The minimum absolute atomic E-state index is 0.222. The molecular weight excluding hydrogens is 232 g/mol. The summed E-state index contributed by atoms with van der Waals surface area (Å²) >= 11 is 0. The van der Waals surface area contributed by atoms with Crippen LogP contribution in [0.3, 0.4) is 0 Å². The van der Waals surface area contributed by atoms with E-state index in [4.69, 9.17) is 10.4 Å². The van der Waals surface area contributed by atoms with E-state index < -0.39 is 17.8 Å². The average Bonchev–Trinajstić information content (AvgIpc) is 2.79. The van der Waals surface area contributed by atoms with E-state index in [1.54, 1.807) is 6.92 Å². The van der Waals surface area contributed by atoms with Gasteiger partial charge in [-0.05, 0) is 25.7 Å². The molecule has 0 radical (unpaired) electrons. The molecule has 1 saturated carbocycles. The average molecular weight is 252 g/mol. The predicted molar refractivity (Wildman–Crippen MR) is 65.4 cm³/mol. The van der Waals surface area contributed by atoms with Crippen LogP contribution < -0.4 is 5.32 Å². The summed E-state index contributed by atoms with van der Waals surface area (Å²) < 4.78 is 0. The summed E-state index contributed by atoms with van der Waals surface area (Å²) in [4.78, 5) is 23.1. The molecule has 0 aliphatic heterocycles.